The largest absolute Gasteiger partial charge is 0.319 e. The first-order chi connectivity index (χ1) is 9.81. The molecular formula is C13H16N4O3S. The zero-order valence-corrected chi connectivity index (χ0v) is 12.8. The molecular weight excluding hydrogens is 292 g/mol. The first kappa shape index (κ1) is 15.3. The van der Waals surface area contributed by atoms with Crippen molar-refractivity contribution in [1.29, 1.82) is 0 Å². The van der Waals surface area contributed by atoms with Crippen LogP contribution >= 0.6 is 0 Å². The molecule has 0 radical (unpaired) electrons. The van der Waals surface area contributed by atoms with Crippen molar-refractivity contribution in [2.75, 3.05) is 0 Å². The molecule has 1 N–H and O–H groups in total. The zero-order valence-electron chi connectivity index (χ0n) is 11.9. The second-order valence-electron chi connectivity index (χ2n) is 4.73. The number of aromatic nitrogens is 3. The second-order valence-corrected chi connectivity index (χ2v) is 6.44. The van der Waals surface area contributed by atoms with Crippen LogP contribution in [0.25, 0.3) is 0 Å². The first-order valence-corrected chi connectivity index (χ1v) is 7.77. The van der Waals surface area contributed by atoms with Gasteiger partial charge in [0.25, 0.3) is 0 Å². The highest BCUT2D eigenvalue weighted by molar-refractivity contribution is 7.89. The van der Waals surface area contributed by atoms with Crippen LogP contribution in [0.5, 0.6) is 0 Å². The number of carbonyl (C=O) groups excluding carboxylic acids is 1. The molecule has 1 aromatic heterocycles. The van der Waals surface area contributed by atoms with Gasteiger partial charge in [0.05, 0.1) is 10.9 Å². The molecule has 0 aliphatic rings. The fourth-order valence-electron chi connectivity index (χ4n) is 1.92. The van der Waals surface area contributed by atoms with Gasteiger partial charge >= 0.3 is 0 Å². The van der Waals surface area contributed by atoms with Gasteiger partial charge in [-0.3, -0.25) is 4.79 Å². The summed E-state index contributed by atoms with van der Waals surface area (Å²) in [7, 11) is -2.01. The predicted molar refractivity (Wildman–Crippen MR) is 76.2 cm³/mol. The maximum Gasteiger partial charge on any atom is 0.241 e. The number of Topliss-reactive ketones (excluding diaryl/α,β-unsaturated/α-hetero) is 1. The summed E-state index contributed by atoms with van der Waals surface area (Å²) in [5, 5.41) is 7.59. The number of hydrogen-bond acceptors (Lipinski definition) is 5. The third kappa shape index (κ3) is 3.34. The highest BCUT2D eigenvalue weighted by Gasteiger charge is 2.21. The fraction of sp³-hybridized carbons (Fsp3) is 0.308. The van der Waals surface area contributed by atoms with Gasteiger partial charge in [0, 0.05) is 12.6 Å². The molecule has 1 unspecified atom stereocenters. The van der Waals surface area contributed by atoms with Gasteiger partial charge in [-0.05, 0) is 26.0 Å². The molecule has 0 spiro atoms. The number of sulfonamides is 1. The summed E-state index contributed by atoms with van der Waals surface area (Å²) in [6, 6.07) is 5.38. The normalized spacial score (nSPS) is 13.1. The van der Waals surface area contributed by atoms with E-state index in [4.69, 9.17) is 0 Å². The average Bonchev–Trinajstić information content (AvgIpc) is 2.85. The van der Waals surface area contributed by atoms with Crippen LogP contribution in [0.15, 0.2) is 35.5 Å². The molecule has 0 aliphatic carbocycles. The minimum absolute atomic E-state index is 0.0456. The lowest BCUT2D eigenvalue weighted by molar-refractivity contribution is 0.101. The van der Waals surface area contributed by atoms with E-state index < -0.39 is 16.1 Å². The molecule has 0 amide bonds. The molecule has 8 heteroatoms. The van der Waals surface area contributed by atoms with Gasteiger partial charge in [-0.15, -0.1) is 10.2 Å². The van der Waals surface area contributed by atoms with Gasteiger partial charge < -0.3 is 4.57 Å². The number of aryl methyl sites for hydroxylation is 1. The molecule has 2 aromatic rings. The van der Waals surface area contributed by atoms with Crippen LogP contribution < -0.4 is 4.72 Å². The summed E-state index contributed by atoms with van der Waals surface area (Å²) in [5.41, 5.74) is 0.351. The molecule has 1 aromatic carbocycles. The van der Waals surface area contributed by atoms with E-state index in [2.05, 4.69) is 14.9 Å². The molecule has 0 saturated heterocycles. The van der Waals surface area contributed by atoms with E-state index in [-0.39, 0.29) is 10.7 Å². The minimum Gasteiger partial charge on any atom is -0.319 e. The van der Waals surface area contributed by atoms with Gasteiger partial charge in [-0.1, -0.05) is 12.1 Å². The molecule has 0 fully saturated rings. The molecule has 21 heavy (non-hydrogen) atoms. The van der Waals surface area contributed by atoms with Gasteiger partial charge in [-0.2, -0.15) is 0 Å². The lowest BCUT2D eigenvalue weighted by Crippen LogP contribution is -2.28. The van der Waals surface area contributed by atoms with Crippen LogP contribution in [0.3, 0.4) is 0 Å². The van der Waals surface area contributed by atoms with E-state index >= 15 is 0 Å². The number of rotatable bonds is 5. The lowest BCUT2D eigenvalue weighted by Gasteiger charge is -2.13. The Kier molecular flexibility index (Phi) is 4.19. The predicted octanol–water partition coefficient (Wildman–Crippen LogP) is 1.06. The Labute approximate surface area is 123 Å². The van der Waals surface area contributed by atoms with Gasteiger partial charge in [0.2, 0.25) is 10.0 Å². The maximum absolute atomic E-state index is 12.3. The monoisotopic (exact) mass is 308 g/mol. The molecule has 112 valence electrons. The Hall–Kier alpha value is -2.06. The minimum atomic E-state index is -3.74. The van der Waals surface area contributed by atoms with Crippen molar-refractivity contribution in [2.24, 2.45) is 7.05 Å². The molecule has 1 atom stereocenters. The molecule has 0 bridgehead atoms. The highest BCUT2D eigenvalue weighted by Crippen LogP contribution is 2.16. The third-order valence-electron chi connectivity index (χ3n) is 3.02. The van der Waals surface area contributed by atoms with Crippen molar-refractivity contribution in [3.8, 4) is 0 Å². The number of ketones is 1. The lowest BCUT2D eigenvalue weighted by atomic mass is 10.2. The first-order valence-electron chi connectivity index (χ1n) is 6.28. The number of nitrogens with zero attached hydrogens (tertiary/aromatic N) is 3. The third-order valence-corrected chi connectivity index (χ3v) is 4.55. The zero-order chi connectivity index (χ0) is 15.6. The molecule has 7 nitrogen and oxygen atoms in total. The van der Waals surface area contributed by atoms with E-state index in [1.54, 1.807) is 24.6 Å². The fourth-order valence-corrected chi connectivity index (χ4v) is 3.17. The van der Waals surface area contributed by atoms with Gasteiger partial charge in [0.15, 0.2) is 5.78 Å². The summed E-state index contributed by atoms with van der Waals surface area (Å²) in [4.78, 5) is 11.4. The van der Waals surface area contributed by atoms with E-state index in [1.165, 1.54) is 31.5 Å². The van der Waals surface area contributed by atoms with Gasteiger partial charge in [-0.25, -0.2) is 13.1 Å². The van der Waals surface area contributed by atoms with E-state index in [0.717, 1.165) is 0 Å². The summed E-state index contributed by atoms with van der Waals surface area (Å²) in [6.07, 6.45) is 1.50. The van der Waals surface area contributed by atoms with E-state index in [0.29, 0.717) is 11.4 Å². The van der Waals surface area contributed by atoms with E-state index in [9.17, 15) is 13.2 Å². The van der Waals surface area contributed by atoms with Crippen LogP contribution in [0.2, 0.25) is 0 Å². The standard InChI is InChI=1S/C13H16N4O3S/c1-9(13-15-14-8-17(13)3)16-21(19,20)12-6-4-5-11(7-12)10(2)18/h4-9,16H,1-3H3. The van der Waals surface area contributed by atoms with E-state index in [1.807, 2.05) is 0 Å². The number of carbonyl (C=O) groups is 1. The Balaban J connectivity index is 2.28. The average molecular weight is 308 g/mol. The van der Waals surface area contributed by atoms with Crippen LogP contribution in [0, 0.1) is 0 Å². The van der Waals surface area contributed by atoms with Crippen molar-refractivity contribution in [3.05, 3.63) is 42.0 Å². The number of nitrogens with one attached hydrogen (secondary N) is 1. The summed E-state index contributed by atoms with van der Waals surface area (Å²) < 4.78 is 28.8. The second kappa shape index (κ2) is 5.74. The highest BCUT2D eigenvalue weighted by atomic mass is 32.2. The molecule has 2 rings (SSSR count). The quantitative estimate of drug-likeness (QED) is 0.833. The topological polar surface area (TPSA) is 93.9 Å². The Morgan fingerprint density at radius 3 is 2.67 bits per heavy atom. The van der Waals surface area contributed by atoms with Crippen LogP contribution in [-0.4, -0.2) is 29.0 Å². The van der Waals surface area contributed by atoms with Crippen LogP contribution in [-0.2, 0) is 17.1 Å². The summed E-state index contributed by atoms with van der Waals surface area (Å²) in [6.45, 7) is 3.07. The van der Waals surface area contributed by atoms with Crippen molar-refractivity contribution >= 4 is 15.8 Å². The Bertz CT molecular complexity index is 767. The van der Waals surface area contributed by atoms with Gasteiger partial charge in [0.1, 0.15) is 12.2 Å². The maximum atomic E-state index is 12.3. The van der Waals surface area contributed by atoms with Crippen molar-refractivity contribution in [3.63, 3.8) is 0 Å². The van der Waals surface area contributed by atoms with Crippen molar-refractivity contribution in [2.45, 2.75) is 24.8 Å². The Morgan fingerprint density at radius 1 is 1.38 bits per heavy atom. The van der Waals surface area contributed by atoms with Crippen LogP contribution in [0.1, 0.15) is 36.1 Å². The number of hydrogen-bond donors (Lipinski definition) is 1. The Morgan fingerprint density at radius 2 is 2.10 bits per heavy atom. The molecule has 0 saturated carbocycles. The smallest absolute Gasteiger partial charge is 0.241 e. The van der Waals surface area contributed by atoms with Crippen molar-refractivity contribution < 1.29 is 13.2 Å². The SMILES string of the molecule is CC(=O)c1cccc(S(=O)(=O)NC(C)c2nncn2C)c1. The summed E-state index contributed by atoms with van der Waals surface area (Å²) in [5.74, 6) is 0.315. The number of benzene rings is 1. The van der Waals surface area contributed by atoms with Crippen molar-refractivity contribution in [1.82, 2.24) is 19.5 Å². The molecule has 1 heterocycles. The molecule has 0 aliphatic heterocycles. The van der Waals surface area contributed by atoms with Crippen LogP contribution in [0.4, 0.5) is 0 Å². The summed E-state index contributed by atoms with van der Waals surface area (Å²) >= 11 is 0.